The second-order valence-corrected chi connectivity index (χ2v) is 5.82. The molecule has 2 aromatic rings. The minimum atomic E-state index is -0.165. The lowest BCUT2D eigenvalue weighted by atomic mass is 9.94. The van der Waals surface area contributed by atoms with Gasteiger partial charge in [-0.25, -0.2) is 0 Å². The standard InChI is InChI=1S/C14H16BrN/c1-14(2,16)9-10-7-11-5-3-4-6-12(11)13(15)8-10/h3-8H,9,16H2,1-2H3. The number of rotatable bonds is 2. The average Bonchev–Trinajstić information content (AvgIpc) is 2.15. The summed E-state index contributed by atoms with van der Waals surface area (Å²) in [6, 6.07) is 12.8. The summed E-state index contributed by atoms with van der Waals surface area (Å²) in [6.07, 6.45) is 0.885. The number of hydrogen-bond acceptors (Lipinski definition) is 1. The van der Waals surface area contributed by atoms with E-state index in [-0.39, 0.29) is 5.54 Å². The van der Waals surface area contributed by atoms with Crippen LogP contribution in [0.4, 0.5) is 0 Å². The second kappa shape index (κ2) is 4.19. The van der Waals surface area contributed by atoms with E-state index in [4.69, 9.17) is 5.73 Å². The van der Waals surface area contributed by atoms with Gasteiger partial charge < -0.3 is 5.73 Å². The Hall–Kier alpha value is -0.860. The number of nitrogens with two attached hydrogens (primary N) is 1. The van der Waals surface area contributed by atoms with Gasteiger partial charge in [-0.2, -0.15) is 0 Å². The normalized spacial score (nSPS) is 12.0. The zero-order chi connectivity index (χ0) is 11.8. The van der Waals surface area contributed by atoms with Crippen molar-refractivity contribution < 1.29 is 0 Å². The van der Waals surface area contributed by atoms with Gasteiger partial charge in [-0.15, -0.1) is 0 Å². The van der Waals surface area contributed by atoms with Gasteiger partial charge in [0.15, 0.2) is 0 Å². The van der Waals surface area contributed by atoms with Gasteiger partial charge in [0.1, 0.15) is 0 Å². The Morgan fingerprint density at radius 1 is 1.19 bits per heavy atom. The first-order valence-corrected chi connectivity index (χ1v) is 6.21. The highest BCUT2D eigenvalue weighted by molar-refractivity contribution is 9.10. The van der Waals surface area contributed by atoms with Crippen LogP contribution in [0.1, 0.15) is 19.4 Å². The Balaban J connectivity index is 2.50. The first kappa shape index (κ1) is 11.6. The minimum Gasteiger partial charge on any atom is -0.325 e. The SMILES string of the molecule is CC(C)(N)Cc1cc(Br)c2ccccc2c1. The quantitative estimate of drug-likeness (QED) is 0.886. The van der Waals surface area contributed by atoms with E-state index in [1.807, 2.05) is 0 Å². The highest BCUT2D eigenvalue weighted by atomic mass is 79.9. The van der Waals surface area contributed by atoms with E-state index in [0.717, 1.165) is 10.9 Å². The third-order valence-electron chi connectivity index (χ3n) is 2.53. The van der Waals surface area contributed by atoms with Crippen LogP contribution in [0.2, 0.25) is 0 Å². The van der Waals surface area contributed by atoms with Gasteiger partial charge >= 0.3 is 0 Å². The van der Waals surface area contributed by atoms with Gasteiger partial charge in [0, 0.05) is 10.0 Å². The highest BCUT2D eigenvalue weighted by Gasteiger charge is 2.12. The zero-order valence-corrected chi connectivity index (χ0v) is 11.2. The third kappa shape index (κ3) is 2.63. The minimum absolute atomic E-state index is 0.165. The van der Waals surface area contributed by atoms with E-state index in [2.05, 4.69) is 66.2 Å². The number of fused-ring (bicyclic) bond motifs is 1. The molecule has 2 N–H and O–H groups in total. The van der Waals surface area contributed by atoms with Crippen LogP contribution in [0.5, 0.6) is 0 Å². The van der Waals surface area contributed by atoms with Crippen molar-refractivity contribution in [2.75, 3.05) is 0 Å². The first-order valence-electron chi connectivity index (χ1n) is 5.42. The Morgan fingerprint density at radius 2 is 1.88 bits per heavy atom. The third-order valence-corrected chi connectivity index (χ3v) is 3.19. The molecule has 0 saturated carbocycles. The predicted octanol–water partition coefficient (Wildman–Crippen LogP) is 3.88. The monoisotopic (exact) mass is 277 g/mol. The highest BCUT2D eigenvalue weighted by Crippen LogP contribution is 2.27. The topological polar surface area (TPSA) is 26.0 Å². The van der Waals surface area contributed by atoms with E-state index in [9.17, 15) is 0 Å². The smallest absolute Gasteiger partial charge is 0.0256 e. The molecule has 0 unspecified atom stereocenters. The molecular weight excluding hydrogens is 262 g/mol. The van der Waals surface area contributed by atoms with E-state index in [1.54, 1.807) is 0 Å². The molecule has 16 heavy (non-hydrogen) atoms. The molecule has 0 atom stereocenters. The molecule has 0 heterocycles. The number of halogens is 1. The summed E-state index contributed by atoms with van der Waals surface area (Å²) in [7, 11) is 0. The molecule has 0 fully saturated rings. The summed E-state index contributed by atoms with van der Waals surface area (Å²) < 4.78 is 1.14. The lowest BCUT2D eigenvalue weighted by molar-refractivity contribution is 0.517. The molecule has 0 aliphatic heterocycles. The Labute approximate surface area is 105 Å². The van der Waals surface area contributed by atoms with E-state index in [1.165, 1.54) is 16.3 Å². The van der Waals surface area contributed by atoms with Crippen molar-refractivity contribution in [3.8, 4) is 0 Å². The predicted molar refractivity (Wildman–Crippen MR) is 73.6 cm³/mol. The van der Waals surface area contributed by atoms with Crippen LogP contribution >= 0.6 is 15.9 Å². The van der Waals surface area contributed by atoms with Gasteiger partial charge in [0.2, 0.25) is 0 Å². The van der Waals surface area contributed by atoms with Crippen LogP contribution in [0.3, 0.4) is 0 Å². The van der Waals surface area contributed by atoms with Gasteiger partial charge in [-0.1, -0.05) is 46.3 Å². The van der Waals surface area contributed by atoms with Crippen LogP contribution in [-0.4, -0.2) is 5.54 Å². The van der Waals surface area contributed by atoms with Gasteiger partial charge in [0.25, 0.3) is 0 Å². The van der Waals surface area contributed by atoms with Gasteiger partial charge in [0.05, 0.1) is 0 Å². The van der Waals surface area contributed by atoms with Gasteiger partial charge in [-0.3, -0.25) is 0 Å². The second-order valence-electron chi connectivity index (χ2n) is 4.96. The summed E-state index contributed by atoms with van der Waals surface area (Å²) in [4.78, 5) is 0. The fourth-order valence-electron chi connectivity index (χ4n) is 1.95. The fraction of sp³-hybridized carbons (Fsp3) is 0.286. The summed E-state index contributed by atoms with van der Waals surface area (Å²) in [5.74, 6) is 0. The van der Waals surface area contributed by atoms with Crippen LogP contribution in [0, 0.1) is 0 Å². The Bertz CT molecular complexity index is 512. The van der Waals surface area contributed by atoms with Crippen molar-refractivity contribution >= 4 is 26.7 Å². The maximum Gasteiger partial charge on any atom is 0.0256 e. The number of hydrogen-bond donors (Lipinski definition) is 1. The van der Waals surface area contributed by atoms with Crippen LogP contribution in [0.25, 0.3) is 10.8 Å². The molecule has 0 aliphatic carbocycles. The Kier molecular flexibility index (Phi) is 3.04. The van der Waals surface area contributed by atoms with Crippen molar-refractivity contribution in [1.29, 1.82) is 0 Å². The van der Waals surface area contributed by atoms with Crippen LogP contribution in [-0.2, 0) is 6.42 Å². The van der Waals surface area contributed by atoms with Crippen molar-refractivity contribution in [2.45, 2.75) is 25.8 Å². The summed E-state index contributed by atoms with van der Waals surface area (Å²) in [5.41, 5.74) is 7.16. The molecular formula is C14H16BrN. The molecule has 0 aliphatic rings. The van der Waals surface area contributed by atoms with Crippen LogP contribution in [0.15, 0.2) is 40.9 Å². The maximum atomic E-state index is 6.05. The summed E-state index contributed by atoms with van der Waals surface area (Å²) in [6.45, 7) is 4.10. The zero-order valence-electron chi connectivity index (χ0n) is 9.63. The first-order chi connectivity index (χ1) is 7.46. The van der Waals surface area contributed by atoms with E-state index >= 15 is 0 Å². The lowest BCUT2D eigenvalue weighted by Gasteiger charge is -2.19. The molecule has 1 nitrogen and oxygen atoms in total. The molecule has 0 bridgehead atoms. The van der Waals surface area contributed by atoms with Crippen molar-refractivity contribution in [3.63, 3.8) is 0 Å². The molecule has 0 radical (unpaired) electrons. The van der Waals surface area contributed by atoms with Crippen molar-refractivity contribution in [3.05, 3.63) is 46.4 Å². The van der Waals surface area contributed by atoms with E-state index in [0.29, 0.717) is 0 Å². The molecule has 2 aromatic carbocycles. The molecule has 0 spiro atoms. The van der Waals surface area contributed by atoms with Crippen molar-refractivity contribution in [2.24, 2.45) is 5.73 Å². The van der Waals surface area contributed by atoms with Crippen molar-refractivity contribution in [1.82, 2.24) is 0 Å². The molecule has 0 aromatic heterocycles. The molecule has 84 valence electrons. The summed E-state index contributed by atoms with van der Waals surface area (Å²) in [5, 5.41) is 2.51. The summed E-state index contributed by atoms with van der Waals surface area (Å²) >= 11 is 3.61. The molecule has 0 saturated heterocycles. The molecule has 2 rings (SSSR count). The van der Waals surface area contributed by atoms with E-state index < -0.39 is 0 Å². The average molecular weight is 278 g/mol. The molecule has 2 heteroatoms. The Morgan fingerprint density at radius 3 is 2.56 bits per heavy atom. The number of benzene rings is 2. The van der Waals surface area contributed by atoms with Gasteiger partial charge in [-0.05, 0) is 42.7 Å². The van der Waals surface area contributed by atoms with Crippen LogP contribution < -0.4 is 5.73 Å². The lowest BCUT2D eigenvalue weighted by Crippen LogP contribution is -2.34. The largest absolute Gasteiger partial charge is 0.325 e. The fourth-order valence-corrected chi connectivity index (χ4v) is 2.61. The maximum absolute atomic E-state index is 6.05. The molecule has 0 amide bonds.